The molecule has 0 N–H and O–H groups in total. The van der Waals surface area contributed by atoms with Crippen molar-refractivity contribution >= 4 is 0 Å². The minimum Gasteiger partial charge on any atom is -0.0856 e. The van der Waals surface area contributed by atoms with E-state index in [-0.39, 0.29) is 0 Å². The molecule has 0 aliphatic heterocycles. The van der Waals surface area contributed by atoms with Crippen molar-refractivity contribution in [1.82, 2.24) is 0 Å². The molecular formula is C17H34. The second-order valence-electron chi connectivity index (χ2n) is 5.42. The van der Waals surface area contributed by atoms with Gasteiger partial charge in [-0.25, -0.2) is 0 Å². The number of unbranched alkanes of at least 4 members (excludes halogenated alkanes) is 9. The van der Waals surface area contributed by atoms with Crippen LogP contribution in [0.5, 0.6) is 0 Å². The molecule has 0 fully saturated rings. The largest absolute Gasteiger partial charge is 0.0856 e. The molecule has 0 heteroatoms. The van der Waals surface area contributed by atoms with E-state index in [0.717, 1.165) is 0 Å². The summed E-state index contributed by atoms with van der Waals surface area (Å²) in [6.07, 6.45) is 19.2. The summed E-state index contributed by atoms with van der Waals surface area (Å²) in [5, 5.41) is 0. The summed E-state index contributed by atoms with van der Waals surface area (Å²) in [4.78, 5) is 0. The maximum Gasteiger partial charge on any atom is -0.0323 e. The maximum absolute atomic E-state index is 2.48. The first-order chi connectivity index (χ1) is 8.31. The molecule has 0 radical (unpaired) electrons. The van der Waals surface area contributed by atoms with Crippen LogP contribution >= 0.6 is 0 Å². The molecule has 0 atom stereocenters. The van der Waals surface area contributed by atoms with Crippen LogP contribution < -0.4 is 0 Å². The highest BCUT2D eigenvalue weighted by atomic mass is 14.0. The van der Waals surface area contributed by atoms with E-state index in [0.29, 0.717) is 0 Å². The monoisotopic (exact) mass is 238 g/mol. The van der Waals surface area contributed by atoms with Crippen LogP contribution in [-0.2, 0) is 0 Å². The third-order valence-electron chi connectivity index (χ3n) is 3.48. The fourth-order valence-electron chi connectivity index (χ4n) is 2.21. The van der Waals surface area contributed by atoms with Gasteiger partial charge in [-0.2, -0.15) is 0 Å². The molecule has 0 heterocycles. The minimum absolute atomic E-state index is 1.31. The molecule has 0 spiro atoms. The molecule has 0 aromatic heterocycles. The molecule has 0 unspecified atom stereocenters. The first kappa shape index (κ1) is 16.7. The Morgan fingerprint density at radius 2 is 1.24 bits per heavy atom. The molecule has 0 rings (SSSR count). The Hall–Kier alpha value is -0.260. The molecular weight excluding hydrogens is 204 g/mol. The summed E-state index contributed by atoms with van der Waals surface area (Å²) >= 11 is 0. The molecule has 102 valence electrons. The summed E-state index contributed by atoms with van der Waals surface area (Å²) in [5.74, 6) is 0. The highest BCUT2D eigenvalue weighted by Gasteiger charge is 1.92. The summed E-state index contributed by atoms with van der Waals surface area (Å²) in [7, 11) is 0. The molecule has 0 amide bonds. The summed E-state index contributed by atoms with van der Waals surface area (Å²) < 4.78 is 0. The van der Waals surface area contributed by atoms with Gasteiger partial charge in [0.25, 0.3) is 0 Å². The molecule has 17 heavy (non-hydrogen) atoms. The van der Waals surface area contributed by atoms with Gasteiger partial charge in [0, 0.05) is 0 Å². The molecule has 0 bridgehead atoms. The summed E-state index contributed by atoms with van der Waals surface area (Å²) in [5.41, 5.74) is 1.62. The van der Waals surface area contributed by atoms with E-state index in [1.165, 1.54) is 77.0 Å². The molecule has 0 nitrogen and oxygen atoms in total. The molecule has 0 aliphatic rings. The first-order valence-corrected chi connectivity index (χ1v) is 7.96. The quantitative estimate of drug-likeness (QED) is 0.263. The highest BCUT2D eigenvalue weighted by molar-refractivity contribution is 4.97. The fraction of sp³-hybridized carbons (Fsp3) is 0.882. The van der Waals surface area contributed by atoms with E-state index in [9.17, 15) is 0 Å². The minimum atomic E-state index is 1.31. The Morgan fingerprint density at radius 1 is 0.706 bits per heavy atom. The molecule has 0 aromatic carbocycles. The molecule has 0 aliphatic carbocycles. The van der Waals surface area contributed by atoms with Crippen LogP contribution in [0.3, 0.4) is 0 Å². The lowest BCUT2D eigenvalue weighted by Crippen LogP contribution is -1.82. The van der Waals surface area contributed by atoms with Gasteiger partial charge in [0.15, 0.2) is 0 Å². The lowest BCUT2D eigenvalue weighted by atomic mass is 10.0. The molecule has 0 saturated heterocycles. The van der Waals surface area contributed by atoms with Gasteiger partial charge < -0.3 is 0 Å². The van der Waals surface area contributed by atoms with Gasteiger partial charge in [-0.05, 0) is 32.6 Å². The normalized spacial score (nSPS) is 12.1. The second kappa shape index (κ2) is 13.8. The van der Waals surface area contributed by atoms with Crippen molar-refractivity contribution < 1.29 is 0 Å². The third kappa shape index (κ3) is 13.7. The van der Waals surface area contributed by atoms with Gasteiger partial charge in [-0.3, -0.25) is 0 Å². The van der Waals surface area contributed by atoms with Crippen LogP contribution in [0.4, 0.5) is 0 Å². The highest BCUT2D eigenvalue weighted by Crippen LogP contribution is 2.13. The SMILES string of the molecule is CCCCCCC/C=C(\C)CCCCCCC. The van der Waals surface area contributed by atoms with Crippen molar-refractivity contribution in [2.75, 3.05) is 0 Å². The van der Waals surface area contributed by atoms with Crippen LogP contribution in [0.25, 0.3) is 0 Å². The zero-order chi connectivity index (χ0) is 12.8. The van der Waals surface area contributed by atoms with Crippen molar-refractivity contribution in [3.63, 3.8) is 0 Å². The van der Waals surface area contributed by atoms with Gasteiger partial charge >= 0.3 is 0 Å². The van der Waals surface area contributed by atoms with Crippen molar-refractivity contribution in [2.45, 2.75) is 97.8 Å². The number of rotatable bonds is 12. The summed E-state index contributed by atoms with van der Waals surface area (Å²) in [6, 6.07) is 0. The van der Waals surface area contributed by atoms with Crippen LogP contribution in [0.15, 0.2) is 11.6 Å². The second-order valence-corrected chi connectivity index (χ2v) is 5.42. The predicted octanol–water partition coefficient (Wildman–Crippen LogP) is 6.65. The van der Waals surface area contributed by atoms with E-state index in [1.54, 1.807) is 5.57 Å². The topological polar surface area (TPSA) is 0 Å². The maximum atomic E-state index is 2.48. The first-order valence-electron chi connectivity index (χ1n) is 7.96. The van der Waals surface area contributed by atoms with E-state index in [1.807, 2.05) is 0 Å². The van der Waals surface area contributed by atoms with E-state index in [4.69, 9.17) is 0 Å². The Morgan fingerprint density at radius 3 is 1.82 bits per heavy atom. The van der Waals surface area contributed by atoms with E-state index in [2.05, 4.69) is 26.8 Å². The smallest absolute Gasteiger partial charge is 0.0323 e. The van der Waals surface area contributed by atoms with E-state index < -0.39 is 0 Å². The fourth-order valence-corrected chi connectivity index (χ4v) is 2.21. The van der Waals surface area contributed by atoms with Crippen LogP contribution in [0.1, 0.15) is 97.8 Å². The van der Waals surface area contributed by atoms with Gasteiger partial charge in [0.2, 0.25) is 0 Å². The lowest BCUT2D eigenvalue weighted by Gasteiger charge is -2.02. The lowest BCUT2D eigenvalue weighted by molar-refractivity contribution is 0.624. The van der Waals surface area contributed by atoms with Gasteiger partial charge in [-0.1, -0.05) is 76.9 Å². The van der Waals surface area contributed by atoms with Crippen molar-refractivity contribution in [1.29, 1.82) is 0 Å². The Balaban J connectivity index is 3.26. The third-order valence-corrected chi connectivity index (χ3v) is 3.48. The van der Waals surface area contributed by atoms with Gasteiger partial charge in [0.1, 0.15) is 0 Å². The molecule has 0 saturated carbocycles. The standard InChI is InChI=1S/C17H34/c1-4-6-8-10-12-14-16-17(3)15-13-11-9-7-5-2/h16H,4-15H2,1-3H3/b17-16+. The van der Waals surface area contributed by atoms with Crippen LogP contribution in [0.2, 0.25) is 0 Å². The Kier molecular flexibility index (Phi) is 13.6. The number of hydrogen-bond acceptors (Lipinski definition) is 0. The van der Waals surface area contributed by atoms with Crippen LogP contribution in [-0.4, -0.2) is 0 Å². The zero-order valence-corrected chi connectivity index (χ0v) is 12.6. The Labute approximate surface area is 110 Å². The van der Waals surface area contributed by atoms with Gasteiger partial charge in [0.05, 0.1) is 0 Å². The van der Waals surface area contributed by atoms with Crippen molar-refractivity contribution in [3.8, 4) is 0 Å². The van der Waals surface area contributed by atoms with E-state index >= 15 is 0 Å². The number of allylic oxidation sites excluding steroid dienone is 2. The zero-order valence-electron chi connectivity index (χ0n) is 12.6. The van der Waals surface area contributed by atoms with Gasteiger partial charge in [-0.15, -0.1) is 0 Å². The predicted molar refractivity (Wildman–Crippen MR) is 80.5 cm³/mol. The Bertz CT molecular complexity index is 167. The average molecular weight is 238 g/mol. The number of hydrogen-bond donors (Lipinski definition) is 0. The molecule has 0 aromatic rings. The van der Waals surface area contributed by atoms with Crippen LogP contribution in [0, 0.1) is 0 Å². The average Bonchev–Trinajstić information content (AvgIpc) is 2.33. The van der Waals surface area contributed by atoms with Crippen molar-refractivity contribution in [3.05, 3.63) is 11.6 Å². The summed E-state index contributed by atoms with van der Waals surface area (Å²) in [6.45, 7) is 6.87. The van der Waals surface area contributed by atoms with Crippen molar-refractivity contribution in [2.24, 2.45) is 0 Å².